The molecule has 0 aromatic heterocycles. The van der Waals surface area contributed by atoms with E-state index in [1.807, 2.05) is 0 Å². The molecule has 1 heterocycles. The van der Waals surface area contributed by atoms with Crippen molar-refractivity contribution in [1.29, 1.82) is 0 Å². The third-order valence-electron chi connectivity index (χ3n) is 3.16. The van der Waals surface area contributed by atoms with E-state index in [0.717, 1.165) is 0 Å². The lowest BCUT2D eigenvalue weighted by atomic mass is 9.84. The lowest BCUT2D eigenvalue weighted by molar-refractivity contribution is -0.344. The molecule has 0 spiro atoms. The van der Waals surface area contributed by atoms with Crippen molar-refractivity contribution >= 4 is 22.7 Å². The van der Waals surface area contributed by atoms with Crippen molar-refractivity contribution in [3.8, 4) is 0 Å². The SMILES string of the molecule is CC1(C)C=[NH+]c2ccc3ccccc3c21.[Br-]. The van der Waals surface area contributed by atoms with Crippen LogP contribution in [0.3, 0.4) is 0 Å². The first kappa shape index (κ1) is 11.3. The summed E-state index contributed by atoms with van der Waals surface area (Å²) in [6.07, 6.45) is 2.17. The number of benzene rings is 2. The topological polar surface area (TPSA) is 14.0 Å². The molecule has 16 heavy (non-hydrogen) atoms. The number of hydrogen-bond donors (Lipinski definition) is 1. The molecule has 0 unspecified atom stereocenters. The highest BCUT2D eigenvalue weighted by atomic mass is 79.9. The van der Waals surface area contributed by atoms with Gasteiger partial charge in [-0.1, -0.05) is 24.3 Å². The molecule has 0 atom stereocenters. The average Bonchev–Trinajstić information content (AvgIpc) is 2.55. The average molecular weight is 276 g/mol. The molecule has 3 rings (SSSR count). The smallest absolute Gasteiger partial charge is 0.208 e. The van der Waals surface area contributed by atoms with Crippen molar-refractivity contribution in [3.63, 3.8) is 0 Å². The maximum atomic E-state index is 3.36. The summed E-state index contributed by atoms with van der Waals surface area (Å²) in [5.74, 6) is 0. The minimum absolute atomic E-state index is 0. The van der Waals surface area contributed by atoms with E-state index in [4.69, 9.17) is 0 Å². The highest BCUT2D eigenvalue weighted by Crippen LogP contribution is 2.34. The molecule has 2 aromatic rings. The maximum absolute atomic E-state index is 3.36. The molecule has 0 aliphatic carbocycles. The van der Waals surface area contributed by atoms with E-state index < -0.39 is 0 Å². The number of fused-ring (bicyclic) bond motifs is 3. The maximum Gasteiger partial charge on any atom is 0.208 e. The van der Waals surface area contributed by atoms with Crippen LogP contribution >= 0.6 is 0 Å². The zero-order valence-electron chi connectivity index (χ0n) is 9.42. The van der Waals surface area contributed by atoms with E-state index in [2.05, 4.69) is 61.5 Å². The Labute approximate surface area is 106 Å². The minimum atomic E-state index is 0. The van der Waals surface area contributed by atoms with E-state index in [9.17, 15) is 0 Å². The van der Waals surface area contributed by atoms with Gasteiger partial charge in [0, 0.05) is 11.6 Å². The molecule has 1 aliphatic rings. The van der Waals surface area contributed by atoms with Crippen molar-refractivity contribution in [3.05, 3.63) is 42.0 Å². The van der Waals surface area contributed by atoms with Gasteiger partial charge in [-0.15, -0.1) is 0 Å². The zero-order chi connectivity index (χ0) is 10.5. The Hall–Kier alpha value is -1.15. The first-order valence-corrected chi connectivity index (χ1v) is 5.32. The van der Waals surface area contributed by atoms with Crippen molar-refractivity contribution in [2.45, 2.75) is 19.3 Å². The van der Waals surface area contributed by atoms with E-state index in [1.165, 1.54) is 22.0 Å². The summed E-state index contributed by atoms with van der Waals surface area (Å²) in [5.41, 5.74) is 2.79. The van der Waals surface area contributed by atoms with Gasteiger partial charge in [-0.3, -0.25) is 0 Å². The molecule has 2 aromatic carbocycles. The van der Waals surface area contributed by atoms with Crippen LogP contribution in [-0.2, 0) is 5.41 Å². The number of rotatable bonds is 0. The summed E-state index contributed by atoms with van der Waals surface area (Å²) >= 11 is 0. The fraction of sp³-hybridized carbons (Fsp3) is 0.214. The van der Waals surface area contributed by atoms with E-state index in [1.54, 1.807) is 0 Å². The summed E-state index contributed by atoms with van der Waals surface area (Å²) in [6.45, 7) is 4.50. The van der Waals surface area contributed by atoms with Crippen LogP contribution in [0.1, 0.15) is 19.4 Å². The molecule has 1 N–H and O–H groups in total. The molecule has 1 aliphatic heterocycles. The predicted molar refractivity (Wildman–Crippen MR) is 63.7 cm³/mol. The van der Waals surface area contributed by atoms with Gasteiger partial charge in [0.1, 0.15) is 0 Å². The molecule has 0 saturated heterocycles. The molecule has 0 fully saturated rings. The Balaban J connectivity index is 0.000000963. The van der Waals surface area contributed by atoms with E-state index in [0.29, 0.717) is 0 Å². The first-order chi connectivity index (χ1) is 7.18. The van der Waals surface area contributed by atoms with Gasteiger partial charge in [0.25, 0.3) is 0 Å². The molecular formula is C14H14BrN. The van der Waals surface area contributed by atoms with Gasteiger partial charge in [0.05, 0.1) is 5.41 Å². The lowest BCUT2D eigenvalue weighted by Gasteiger charge is -2.13. The van der Waals surface area contributed by atoms with Crippen LogP contribution in [0, 0.1) is 0 Å². The van der Waals surface area contributed by atoms with Crippen LogP contribution in [0.5, 0.6) is 0 Å². The second-order valence-electron chi connectivity index (χ2n) is 4.72. The molecule has 2 heteroatoms. The Morgan fingerprint density at radius 1 is 1.00 bits per heavy atom. The van der Waals surface area contributed by atoms with Gasteiger partial charge in [0.15, 0.2) is 6.21 Å². The molecular weight excluding hydrogens is 262 g/mol. The quantitative estimate of drug-likeness (QED) is 0.629. The number of halogens is 1. The van der Waals surface area contributed by atoms with Crippen molar-refractivity contribution in [1.82, 2.24) is 0 Å². The second kappa shape index (κ2) is 3.70. The van der Waals surface area contributed by atoms with Gasteiger partial charge in [-0.25, -0.2) is 4.99 Å². The predicted octanol–water partition coefficient (Wildman–Crippen LogP) is -1.08. The minimum Gasteiger partial charge on any atom is -1.00 e. The summed E-state index contributed by atoms with van der Waals surface area (Å²) in [5, 5.41) is 2.68. The summed E-state index contributed by atoms with van der Waals surface area (Å²) in [7, 11) is 0. The Morgan fingerprint density at radius 3 is 2.56 bits per heavy atom. The fourth-order valence-electron chi connectivity index (χ4n) is 2.42. The second-order valence-corrected chi connectivity index (χ2v) is 4.72. The third-order valence-corrected chi connectivity index (χ3v) is 3.16. The van der Waals surface area contributed by atoms with E-state index >= 15 is 0 Å². The molecule has 82 valence electrons. The van der Waals surface area contributed by atoms with Gasteiger partial charge < -0.3 is 17.0 Å². The molecule has 0 radical (unpaired) electrons. The summed E-state index contributed by atoms with van der Waals surface area (Å²) < 4.78 is 0. The van der Waals surface area contributed by atoms with Crippen LogP contribution in [-0.4, -0.2) is 6.21 Å². The Morgan fingerprint density at radius 2 is 1.75 bits per heavy atom. The standard InChI is InChI=1S/C14H13N.BrH/c1-14(2)9-15-12-8-7-10-5-3-4-6-11(10)13(12)14;/h3-9H,1-2H3;1H. The van der Waals surface area contributed by atoms with Crippen molar-refractivity contribution in [2.75, 3.05) is 0 Å². The van der Waals surface area contributed by atoms with E-state index in [-0.39, 0.29) is 22.4 Å². The Bertz CT molecular complexity index is 570. The van der Waals surface area contributed by atoms with Crippen LogP contribution in [0.2, 0.25) is 0 Å². The summed E-state index contributed by atoms with van der Waals surface area (Å²) in [4.78, 5) is 3.36. The van der Waals surface area contributed by atoms with Crippen molar-refractivity contribution in [2.24, 2.45) is 0 Å². The molecule has 0 bridgehead atoms. The van der Waals surface area contributed by atoms with Gasteiger partial charge in [-0.05, 0) is 30.7 Å². The largest absolute Gasteiger partial charge is 1.00 e. The highest BCUT2D eigenvalue weighted by molar-refractivity contribution is 5.94. The Kier molecular flexibility index (Phi) is 2.62. The number of nitrogens with one attached hydrogen (secondary N) is 1. The third kappa shape index (κ3) is 1.49. The van der Waals surface area contributed by atoms with Crippen LogP contribution in [0.4, 0.5) is 5.69 Å². The van der Waals surface area contributed by atoms with Crippen LogP contribution in [0.25, 0.3) is 10.8 Å². The number of hydrogen-bond acceptors (Lipinski definition) is 0. The first-order valence-electron chi connectivity index (χ1n) is 5.32. The normalized spacial score (nSPS) is 15.9. The van der Waals surface area contributed by atoms with Gasteiger partial charge >= 0.3 is 0 Å². The molecule has 1 nitrogen and oxygen atoms in total. The van der Waals surface area contributed by atoms with Crippen molar-refractivity contribution < 1.29 is 22.0 Å². The molecule has 0 amide bonds. The summed E-state index contributed by atoms with van der Waals surface area (Å²) in [6, 6.07) is 12.9. The highest BCUT2D eigenvalue weighted by Gasteiger charge is 2.33. The van der Waals surface area contributed by atoms with Crippen LogP contribution < -0.4 is 22.0 Å². The van der Waals surface area contributed by atoms with Gasteiger partial charge in [-0.2, -0.15) is 0 Å². The zero-order valence-corrected chi connectivity index (χ0v) is 11.0. The molecule has 0 saturated carbocycles. The fourth-order valence-corrected chi connectivity index (χ4v) is 2.42. The lowest BCUT2D eigenvalue weighted by Crippen LogP contribution is -3.00. The van der Waals surface area contributed by atoms with Gasteiger partial charge in [0.2, 0.25) is 5.69 Å². The monoisotopic (exact) mass is 275 g/mol. The van der Waals surface area contributed by atoms with Crippen LogP contribution in [0.15, 0.2) is 36.4 Å².